The molecule has 172 valence electrons. The Labute approximate surface area is 204 Å². The molecule has 11 heteroatoms. The van der Waals surface area contributed by atoms with E-state index in [0.717, 1.165) is 45.4 Å². The van der Waals surface area contributed by atoms with E-state index in [0.29, 0.717) is 40.3 Å². The van der Waals surface area contributed by atoms with E-state index >= 15 is 0 Å². The van der Waals surface area contributed by atoms with E-state index < -0.39 is 0 Å². The van der Waals surface area contributed by atoms with Gasteiger partial charge in [-0.3, -0.25) is 9.78 Å². The van der Waals surface area contributed by atoms with Gasteiger partial charge in [-0.25, -0.2) is 15.0 Å². The Bertz CT molecular complexity index is 1570. The number of aromatic nitrogens is 7. The van der Waals surface area contributed by atoms with Crippen molar-refractivity contribution >= 4 is 50.1 Å². The van der Waals surface area contributed by atoms with Crippen molar-refractivity contribution in [2.75, 3.05) is 24.5 Å². The van der Waals surface area contributed by atoms with Gasteiger partial charge in [0.25, 0.3) is 0 Å². The van der Waals surface area contributed by atoms with Gasteiger partial charge in [0.15, 0.2) is 5.65 Å². The molecule has 1 aliphatic carbocycles. The maximum atomic E-state index is 6.74. The predicted octanol–water partition coefficient (Wildman–Crippen LogP) is 3.29. The SMILES string of the molecule is Cc1nc2ccc(-c3n[nH]c4nc(N5C[C@@H]6[C@H](C5)[C@]6(CN)c5ccn(C)n5)cnc34)c(Cl)c2s1. The van der Waals surface area contributed by atoms with Gasteiger partial charge < -0.3 is 10.6 Å². The van der Waals surface area contributed by atoms with E-state index in [2.05, 4.69) is 31.2 Å². The number of anilines is 1. The van der Waals surface area contributed by atoms with Gasteiger partial charge in [0, 0.05) is 43.9 Å². The van der Waals surface area contributed by atoms with E-state index in [1.54, 1.807) is 11.3 Å². The molecule has 3 atom stereocenters. The van der Waals surface area contributed by atoms with Gasteiger partial charge >= 0.3 is 0 Å². The van der Waals surface area contributed by atoms with Crippen LogP contribution in [0, 0.1) is 18.8 Å². The first-order valence-electron chi connectivity index (χ1n) is 11.2. The van der Waals surface area contributed by atoms with Gasteiger partial charge in [-0.1, -0.05) is 11.6 Å². The van der Waals surface area contributed by atoms with Gasteiger partial charge in [-0.15, -0.1) is 11.3 Å². The number of nitrogens with one attached hydrogen (secondary N) is 1. The molecule has 1 saturated carbocycles. The molecule has 0 unspecified atom stereocenters. The molecular formula is C23H22ClN9S. The van der Waals surface area contributed by atoms with E-state index in [1.807, 2.05) is 43.2 Å². The lowest BCUT2D eigenvalue weighted by Gasteiger charge is -2.25. The molecule has 2 aliphatic rings. The van der Waals surface area contributed by atoms with Crippen LogP contribution in [0.1, 0.15) is 10.7 Å². The number of halogens is 1. The lowest BCUT2D eigenvalue weighted by atomic mass is 9.95. The van der Waals surface area contributed by atoms with Crippen LogP contribution in [0.3, 0.4) is 0 Å². The lowest BCUT2D eigenvalue weighted by Crippen LogP contribution is -2.35. The second-order valence-corrected chi connectivity index (χ2v) is 10.8. The Morgan fingerprint density at radius 2 is 2.06 bits per heavy atom. The summed E-state index contributed by atoms with van der Waals surface area (Å²) in [5.41, 5.74) is 11.1. The summed E-state index contributed by atoms with van der Waals surface area (Å²) < 4.78 is 2.82. The van der Waals surface area contributed by atoms with Gasteiger partial charge in [0.1, 0.15) is 17.0 Å². The molecular weight excluding hydrogens is 470 g/mol. The normalized spacial score (nSPS) is 23.8. The number of piperidine rings is 1. The van der Waals surface area contributed by atoms with Crippen LogP contribution in [0.15, 0.2) is 30.6 Å². The molecule has 1 saturated heterocycles. The third-order valence-corrected chi connectivity index (χ3v) is 9.01. The van der Waals surface area contributed by atoms with Crippen molar-refractivity contribution in [2.45, 2.75) is 12.3 Å². The highest BCUT2D eigenvalue weighted by molar-refractivity contribution is 7.19. The molecule has 0 spiro atoms. The number of H-pyrrole nitrogens is 1. The molecule has 7 rings (SSSR count). The highest BCUT2D eigenvalue weighted by atomic mass is 35.5. The van der Waals surface area contributed by atoms with E-state index in [9.17, 15) is 0 Å². The number of aromatic amines is 1. The number of benzene rings is 1. The standard InChI is InChI=1S/C23H22ClN9S/c1-11-27-15-4-3-12(18(24)21(15)34-11)19-20-22(30-29-19)28-17(7-26-20)33-8-13-14(9-33)23(13,10-25)16-5-6-32(2)31-16/h3-7,13-14H,8-10,25H2,1-2H3,(H,28,29,30)/t13-,14+,23-. The molecule has 1 aromatic carbocycles. The molecule has 5 heterocycles. The molecule has 34 heavy (non-hydrogen) atoms. The first-order valence-corrected chi connectivity index (χ1v) is 12.4. The Hall–Kier alpha value is -3.08. The van der Waals surface area contributed by atoms with E-state index in [4.69, 9.17) is 27.3 Å². The highest BCUT2D eigenvalue weighted by Gasteiger charge is 2.69. The van der Waals surface area contributed by atoms with Crippen LogP contribution in [0.2, 0.25) is 5.02 Å². The van der Waals surface area contributed by atoms with E-state index in [-0.39, 0.29) is 5.41 Å². The molecule has 0 radical (unpaired) electrons. The van der Waals surface area contributed by atoms with Crippen molar-refractivity contribution in [3.63, 3.8) is 0 Å². The van der Waals surface area contributed by atoms with Crippen LogP contribution < -0.4 is 10.6 Å². The Kier molecular flexibility index (Phi) is 4.16. The second kappa shape index (κ2) is 6.97. The molecule has 2 fully saturated rings. The molecule has 3 N–H and O–H groups in total. The highest BCUT2D eigenvalue weighted by Crippen LogP contribution is 2.62. The fourth-order valence-corrected chi connectivity index (χ4v) is 6.98. The summed E-state index contributed by atoms with van der Waals surface area (Å²) in [7, 11) is 1.95. The van der Waals surface area contributed by atoms with Crippen molar-refractivity contribution in [3.8, 4) is 11.3 Å². The van der Waals surface area contributed by atoms with Gasteiger partial charge in [0.05, 0.1) is 32.1 Å². The van der Waals surface area contributed by atoms with Crippen LogP contribution >= 0.6 is 22.9 Å². The van der Waals surface area contributed by atoms with Crippen molar-refractivity contribution in [1.29, 1.82) is 0 Å². The van der Waals surface area contributed by atoms with E-state index in [1.165, 1.54) is 0 Å². The summed E-state index contributed by atoms with van der Waals surface area (Å²) in [6.07, 6.45) is 3.83. The third kappa shape index (κ3) is 2.67. The van der Waals surface area contributed by atoms with Crippen molar-refractivity contribution in [2.24, 2.45) is 24.6 Å². The maximum Gasteiger partial charge on any atom is 0.177 e. The summed E-state index contributed by atoms with van der Waals surface area (Å²) in [4.78, 5) is 16.4. The van der Waals surface area contributed by atoms with Gasteiger partial charge in [-0.05, 0) is 37.0 Å². The monoisotopic (exact) mass is 491 g/mol. The summed E-state index contributed by atoms with van der Waals surface area (Å²) in [5, 5.41) is 13.9. The third-order valence-electron chi connectivity index (χ3n) is 7.50. The number of nitrogens with two attached hydrogens (primary N) is 1. The van der Waals surface area contributed by atoms with Crippen molar-refractivity contribution < 1.29 is 0 Å². The minimum atomic E-state index is -0.0131. The summed E-state index contributed by atoms with van der Waals surface area (Å²) in [6.45, 7) is 4.39. The quantitative estimate of drug-likeness (QED) is 0.396. The van der Waals surface area contributed by atoms with Crippen LogP contribution in [0.5, 0.6) is 0 Å². The fourth-order valence-electron chi connectivity index (χ4n) is 5.76. The Morgan fingerprint density at radius 1 is 1.24 bits per heavy atom. The molecule has 1 aliphatic heterocycles. The molecule has 9 nitrogen and oxygen atoms in total. The van der Waals surface area contributed by atoms with Crippen LogP contribution in [0.25, 0.3) is 32.6 Å². The number of nitrogens with zero attached hydrogens (tertiary/aromatic N) is 7. The number of hydrogen-bond donors (Lipinski definition) is 2. The second-order valence-electron chi connectivity index (χ2n) is 9.24. The minimum absolute atomic E-state index is 0.0131. The molecule has 0 bridgehead atoms. The topological polar surface area (TPSA) is 114 Å². The van der Waals surface area contributed by atoms with Gasteiger partial charge in [0.2, 0.25) is 0 Å². The van der Waals surface area contributed by atoms with Crippen molar-refractivity contribution in [3.05, 3.63) is 46.3 Å². The Balaban J connectivity index is 1.18. The zero-order valence-electron chi connectivity index (χ0n) is 18.7. The fraction of sp³-hybridized carbons (Fsp3) is 0.348. The lowest BCUT2D eigenvalue weighted by molar-refractivity contribution is 0.529. The zero-order valence-corrected chi connectivity index (χ0v) is 20.2. The number of hydrogen-bond acceptors (Lipinski definition) is 8. The largest absolute Gasteiger partial charge is 0.355 e. The van der Waals surface area contributed by atoms with Gasteiger partial charge in [-0.2, -0.15) is 10.2 Å². The summed E-state index contributed by atoms with van der Waals surface area (Å²) in [6, 6.07) is 6.03. The minimum Gasteiger partial charge on any atom is -0.355 e. The number of fused-ring (bicyclic) bond motifs is 3. The Morgan fingerprint density at radius 3 is 2.79 bits per heavy atom. The number of thiazole rings is 1. The number of aryl methyl sites for hydroxylation is 2. The smallest absolute Gasteiger partial charge is 0.177 e. The van der Waals surface area contributed by atoms with Crippen LogP contribution in [-0.2, 0) is 12.5 Å². The van der Waals surface area contributed by atoms with Crippen molar-refractivity contribution in [1.82, 2.24) is 34.9 Å². The molecule has 5 aromatic rings. The maximum absolute atomic E-state index is 6.74. The number of rotatable bonds is 4. The van der Waals surface area contributed by atoms with Crippen LogP contribution in [-0.4, -0.2) is 54.6 Å². The molecule has 4 aromatic heterocycles. The molecule has 0 amide bonds. The average Bonchev–Trinajstić information content (AvgIpc) is 3.44. The first-order chi connectivity index (χ1) is 16.5. The first kappa shape index (κ1) is 20.3. The summed E-state index contributed by atoms with van der Waals surface area (Å²) >= 11 is 8.32. The summed E-state index contributed by atoms with van der Waals surface area (Å²) in [5.74, 6) is 1.81. The zero-order chi connectivity index (χ0) is 23.2. The predicted molar refractivity (Wildman–Crippen MR) is 133 cm³/mol. The van der Waals surface area contributed by atoms with Crippen LogP contribution in [0.4, 0.5) is 5.82 Å². The average molecular weight is 492 g/mol.